The minimum absolute atomic E-state index is 0.471. The zero-order valence-corrected chi connectivity index (χ0v) is 24.2. The topological polar surface area (TPSA) is 227 Å². The molecule has 0 spiro atoms. The van der Waals surface area contributed by atoms with Crippen molar-refractivity contribution in [2.45, 2.75) is 92.4 Å². The van der Waals surface area contributed by atoms with Crippen molar-refractivity contribution in [1.29, 1.82) is 0 Å². The second kappa shape index (κ2) is 12.9. The van der Waals surface area contributed by atoms with Crippen LogP contribution in [0.15, 0.2) is 48.7 Å². The van der Waals surface area contributed by atoms with Gasteiger partial charge in [-0.1, -0.05) is 30.3 Å². The van der Waals surface area contributed by atoms with E-state index in [1.165, 1.54) is 25.3 Å². The Labute approximate surface area is 257 Å². The van der Waals surface area contributed by atoms with Crippen molar-refractivity contribution in [2.75, 3.05) is 13.2 Å². The van der Waals surface area contributed by atoms with Gasteiger partial charge < -0.3 is 68.9 Å². The Kier molecular flexibility index (Phi) is 9.33. The second-order valence-electron chi connectivity index (χ2n) is 11.9. The molecule has 15 nitrogen and oxygen atoms in total. The molecule has 16 atom stereocenters. The predicted molar refractivity (Wildman–Crippen MR) is 147 cm³/mol. The highest BCUT2D eigenvalue weighted by Gasteiger charge is 2.77. The van der Waals surface area contributed by atoms with Crippen LogP contribution >= 0.6 is 0 Å². The van der Waals surface area contributed by atoms with Crippen LogP contribution < -0.4 is 0 Å². The third-order valence-corrected chi connectivity index (χ3v) is 9.13. The molecular weight excluding hydrogens is 600 g/mol. The minimum atomic E-state index is -1.69. The first-order valence-electron chi connectivity index (χ1n) is 14.8. The molecule has 248 valence electrons. The highest BCUT2D eigenvalue weighted by Crippen LogP contribution is 2.61. The zero-order chi connectivity index (χ0) is 32.0. The molecule has 3 saturated heterocycles. The van der Waals surface area contributed by atoms with E-state index in [0.717, 1.165) is 5.56 Å². The van der Waals surface area contributed by atoms with Gasteiger partial charge in [0.2, 0.25) is 6.29 Å². The van der Waals surface area contributed by atoms with Gasteiger partial charge >= 0.3 is 5.97 Å². The minimum Gasteiger partial charge on any atom is -0.472 e. The van der Waals surface area contributed by atoms with E-state index in [2.05, 4.69) is 0 Å². The lowest BCUT2D eigenvalue weighted by molar-refractivity contribution is -0.347. The largest absolute Gasteiger partial charge is 0.472 e. The Morgan fingerprint density at radius 2 is 1.62 bits per heavy atom. The van der Waals surface area contributed by atoms with E-state index >= 15 is 0 Å². The van der Waals surface area contributed by atoms with E-state index < -0.39 is 117 Å². The summed E-state index contributed by atoms with van der Waals surface area (Å²) in [7, 11) is 0. The first-order chi connectivity index (χ1) is 21.6. The van der Waals surface area contributed by atoms with Crippen molar-refractivity contribution in [2.24, 2.45) is 11.8 Å². The Bertz CT molecular complexity index is 1240. The summed E-state index contributed by atoms with van der Waals surface area (Å²) in [5, 5.41) is 72.5. The first kappa shape index (κ1) is 32.4. The highest BCUT2D eigenvalue weighted by molar-refractivity contribution is 5.87. The molecule has 1 saturated carbocycles. The Balaban J connectivity index is 1.15. The summed E-state index contributed by atoms with van der Waals surface area (Å²) in [6.45, 7) is 0.414. The summed E-state index contributed by atoms with van der Waals surface area (Å²) in [6.07, 6.45) is -11.3. The van der Waals surface area contributed by atoms with Crippen molar-refractivity contribution in [3.8, 4) is 0 Å². The van der Waals surface area contributed by atoms with Gasteiger partial charge in [0.05, 0.1) is 37.6 Å². The molecule has 1 aliphatic carbocycles. The number of hydrogen-bond acceptors (Lipinski definition) is 15. The summed E-state index contributed by atoms with van der Waals surface area (Å²) in [6, 6.07) is 9.03. The lowest BCUT2D eigenvalue weighted by Gasteiger charge is -2.44. The summed E-state index contributed by atoms with van der Waals surface area (Å²) < 4.78 is 40.4. The van der Waals surface area contributed by atoms with Crippen LogP contribution in [0.1, 0.15) is 12.5 Å². The van der Waals surface area contributed by atoms with E-state index in [9.17, 15) is 40.5 Å². The molecule has 16 unspecified atom stereocenters. The molecule has 0 bridgehead atoms. The van der Waals surface area contributed by atoms with Gasteiger partial charge in [0.15, 0.2) is 18.7 Å². The fourth-order valence-electron chi connectivity index (χ4n) is 6.62. The molecule has 7 N–H and O–H groups in total. The standard InChI is InChI=1S/C30H38O15/c1-13-19(34)25(42-17(33)8-7-14-5-3-2-4-6-14)23(38)29(40-13)43-24-15-9-10-39-27(18(15)30(12-32)26(24)45-30)44-28-22(37)21(36)20(35)16(11-31)41-28/h2-10,13,15-16,18-29,31-32,34-38H,11-12H2,1H3. The predicted octanol–water partition coefficient (Wildman–Crippen LogP) is -2.47. The monoisotopic (exact) mass is 638 g/mol. The molecule has 4 aliphatic heterocycles. The Morgan fingerprint density at radius 1 is 0.889 bits per heavy atom. The summed E-state index contributed by atoms with van der Waals surface area (Å²) in [5.74, 6) is -2.08. The number of esters is 1. The zero-order valence-electron chi connectivity index (χ0n) is 24.2. The third kappa shape index (κ3) is 5.93. The first-order valence-corrected chi connectivity index (χ1v) is 14.8. The van der Waals surface area contributed by atoms with Gasteiger partial charge in [-0.25, -0.2) is 4.79 Å². The van der Waals surface area contributed by atoms with Crippen LogP contribution in [0.5, 0.6) is 0 Å². The molecule has 15 heteroatoms. The van der Waals surface area contributed by atoms with Crippen molar-refractivity contribution in [3.05, 3.63) is 54.3 Å². The molecule has 1 aromatic carbocycles. The smallest absolute Gasteiger partial charge is 0.331 e. The lowest BCUT2D eigenvalue weighted by Crippen LogP contribution is -2.60. The number of aliphatic hydroxyl groups is 7. The van der Waals surface area contributed by atoms with Gasteiger partial charge in [-0.3, -0.25) is 0 Å². The van der Waals surface area contributed by atoms with Crippen LogP contribution in [0.2, 0.25) is 0 Å². The van der Waals surface area contributed by atoms with Gasteiger partial charge in [-0.2, -0.15) is 0 Å². The van der Waals surface area contributed by atoms with E-state index in [-0.39, 0.29) is 0 Å². The molecule has 45 heavy (non-hydrogen) atoms. The van der Waals surface area contributed by atoms with Gasteiger partial charge in [0, 0.05) is 12.0 Å². The number of rotatable bonds is 9. The normalized spacial score (nSPS) is 47.2. The van der Waals surface area contributed by atoms with Crippen molar-refractivity contribution in [1.82, 2.24) is 0 Å². The number of epoxide rings is 1. The van der Waals surface area contributed by atoms with Crippen LogP contribution in [0, 0.1) is 11.8 Å². The van der Waals surface area contributed by atoms with E-state index in [1.807, 2.05) is 6.07 Å². The number of carbonyl (C=O) groups excluding carboxylic acids is 1. The summed E-state index contributed by atoms with van der Waals surface area (Å²) in [4.78, 5) is 12.6. The van der Waals surface area contributed by atoms with Crippen molar-refractivity contribution in [3.63, 3.8) is 0 Å². The van der Waals surface area contributed by atoms with Crippen molar-refractivity contribution >= 4 is 12.0 Å². The molecule has 4 fully saturated rings. The Morgan fingerprint density at radius 3 is 2.33 bits per heavy atom. The summed E-state index contributed by atoms with van der Waals surface area (Å²) in [5.41, 5.74) is -0.458. The number of hydrogen-bond donors (Lipinski definition) is 7. The summed E-state index contributed by atoms with van der Waals surface area (Å²) >= 11 is 0. The molecule has 0 aromatic heterocycles. The van der Waals surface area contributed by atoms with Crippen LogP contribution in [0.4, 0.5) is 0 Å². The maximum atomic E-state index is 12.6. The second-order valence-corrected chi connectivity index (χ2v) is 11.9. The van der Waals surface area contributed by atoms with E-state index in [0.29, 0.717) is 0 Å². The Hall–Kier alpha value is -2.51. The average Bonchev–Trinajstić information content (AvgIpc) is 3.72. The van der Waals surface area contributed by atoms with E-state index in [4.69, 9.17) is 33.2 Å². The van der Waals surface area contributed by atoms with Gasteiger partial charge in [0.1, 0.15) is 48.3 Å². The molecule has 6 rings (SSSR count). The van der Waals surface area contributed by atoms with Gasteiger partial charge in [-0.15, -0.1) is 0 Å². The lowest BCUT2D eigenvalue weighted by atomic mass is 9.85. The molecular formula is C30H38O15. The average molecular weight is 639 g/mol. The maximum Gasteiger partial charge on any atom is 0.331 e. The maximum absolute atomic E-state index is 12.6. The van der Waals surface area contributed by atoms with Crippen LogP contribution in [-0.2, 0) is 38.0 Å². The van der Waals surface area contributed by atoms with Crippen LogP contribution in [0.3, 0.4) is 0 Å². The quantitative estimate of drug-likeness (QED) is 0.0845. The number of carbonyl (C=O) groups is 1. The van der Waals surface area contributed by atoms with Crippen molar-refractivity contribution < 1.29 is 73.7 Å². The number of ether oxygens (including phenoxy) is 7. The number of fused-ring (bicyclic) bond motifs is 3. The van der Waals surface area contributed by atoms with Crippen LogP contribution in [0.25, 0.3) is 6.08 Å². The number of benzene rings is 1. The molecule has 1 aromatic rings. The molecule has 0 radical (unpaired) electrons. The van der Waals surface area contributed by atoms with Gasteiger partial charge in [0.25, 0.3) is 0 Å². The van der Waals surface area contributed by atoms with Crippen LogP contribution in [-0.4, -0.2) is 140 Å². The molecule has 5 aliphatic rings. The molecule has 4 heterocycles. The third-order valence-electron chi connectivity index (χ3n) is 9.13. The highest BCUT2D eigenvalue weighted by atomic mass is 16.8. The van der Waals surface area contributed by atoms with Gasteiger partial charge in [-0.05, 0) is 24.6 Å². The SMILES string of the molecule is CC1OC(OC2C3C=COC(OC4OC(CO)C(O)C(O)C4O)C3C3(CO)OC23)C(O)C(OC(=O)C=Cc2ccccc2)C1O. The number of aliphatic hydroxyl groups excluding tert-OH is 7. The van der Waals surface area contributed by atoms with E-state index in [1.54, 1.807) is 30.3 Å². The fourth-order valence-corrected chi connectivity index (χ4v) is 6.62. The fraction of sp³-hybridized carbons (Fsp3) is 0.633. The molecule has 0 amide bonds.